The maximum absolute atomic E-state index is 10.5. The molecule has 0 heterocycles. The SMILES string of the molecule is CC(=O)N(C)C.CCN(C=O)CC.CCN(C=S)CC.CCN(CC)C(C)=O.CN(C)C=O.CN(C)C=S. The zero-order chi connectivity index (χ0) is 31.7. The zero-order valence-corrected chi connectivity index (χ0v) is 28.3. The second kappa shape index (κ2) is 39.2. The van der Waals surface area contributed by atoms with Crippen molar-refractivity contribution in [3.8, 4) is 0 Å². The summed E-state index contributed by atoms with van der Waals surface area (Å²) in [5.74, 6) is 0.255. The van der Waals surface area contributed by atoms with Gasteiger partial charge in [0, 0.05) is 95.4 Å². The van der Waals surface area contributed by atoms with Crippen molar-refractivity contribution >= 4 is 60.1 Å². The molecular weight excluding hydrogens is 524 g/mol. The summed E-state index contributed by atoms with van der Waals surface area (Å²) in [5, 5.41) is 0. The van der Waals surface area contributed by atoms with Gasteiger partial charge in [-0.3, -0.25) is 19.2 Å². The Kier molecular flexibility index (Phi) is 50.2. The quantitative estimate of drug-likeness (QED) is 0.287. The van der Waals surface area contributed by atoms with Crippen LogP contribution in [0.4, 0.5) is 0 Å². The summed E-state index contributed by atoms with van der Waals surface area (Å²) in [6.45, 7) is 20.5. The van der Waals surface area contributed by atoms with E-state index >= 15 is 0 Å². The van der Waals surface area contributed by atoms with E-state index < -0.39 is 0 Å². The monoisotopic (exact) mass is 582 g/mol. The molecule has 228 valence electrons. The van der Waals surface area contributed by atoms with Crippen molar-refractivity contribution in [3.63, 3.8) is 0 Å². The number of nitrogens with zero attached hydrogens (tertiary/aromatic N) is 6. The molecule has 0 saturated heterocycles. The van der Waals surface area contributed by atoms with E-state index in [1.165, 1.54) is 16.7 Å². The lowest BCUT2D eigenvalue weighted by Gasteiger charge is -2.14. The first-order valence-electron chi connectivity index (χ1n) is 12.7. The van der Waals surface area contributed by atoms with Crippen LogP contribution in [0.3, 0.4) is 0 Å². The largest absolute Gasteiger partial charge is 0.375 e. The Hall–Kier alpha value is -2.34. The molecule has 0 radical (unpaired) electrons. The third-order valence-corrected chi connectivity index (χ3v) is 4.90. The average molecular weight is 583 g/mol. The lowest BCUT2D eigenvalue weighted by atomic mass is 10.5. The van der Waals surface area contributed by atoms with Gasteiger partial charge >= 0.3 is 0 Å². The number of carbonyl (C=O) groups is 4. The molecule has 0 atom stereocenters. The highest BCUT2D eigenvalue weighted by Gasteiger charge is 1.99. The van der Waals surface area contributed by atoms with Crippen LogP contribution in [0.25, 0.3) is 0 Å². The van der Waals surface area contributed by atoms with E-state index in [9.17, 15) is 19.2 Å². The summed E-state index contributed by atoms with van der Waals surface area (Å²) in [6, 6.07) is 0. The predicted molar refractivity (Wildman–Crippen MR) is 171 cm³/mol. The van der Waals surface area contributed by atoms with Gasteiger partial charge in [0.25, 0.3) is 0 Å². The van der Waals surface area contributed by atoms with Crippen LogP contribution in [0.15, 0.2) is 0 Å². The second-order valence-electron chi connectivity index (χ2n) is 7.90. The van der Waals surface area contributed by atoms with Gasteiger partial charge in [-0.1, -0.05) is 24.4 Å². The number of hydrogen-bond donors (Lipinski definition) is 0. The van der Waals surface area contributed by atoms with Gasteiger partial charge in [-0.2, -0.15) is 0 Å². The first-order valence-corrected chi connectivity index (χ1v) is 13.6. The van der Waals surface area contributed by atoms with Gasteiger partial charge in [-0.05, 0) is 41.5 Å². The van der Waals surface area contributed by atoms with Crippen LogP contribution in [0.2, 0.25) is 0 Å². The highest BCUT2D eigenvalue weighted by Crippen LogP contribution is 1.85. The van der Waals surface area contributed by atoms with Gasteiger partial charge in [0.2, 0.25) is 24.6 Å². The van der Waals surface area contributed by atoms with Crippen LogP contribution >= 0.6 is 24.4 Å². The van der Waals surface area contributed by atoms with E-state index in [2.05, 4.69) is 43.2 Å². The predicted octanol–water partition coefficient (Wildman–Crippen LogP) is 2.95. The van der Waals surface area contributed by atoms with Gasteiger partial charge in [0.15, 0.2) is 0 Å². The molecule has 0 spiro atoms. The minimum absolute atomic E-state index is 0.0926. The number of rotatable bonds is 10. The fourth-order valence-electron chi connectivity index (χ4n) is 1.41. The summed E-state index contributed by atoms with van der Waals surface area (Å²) >= 11 is 9.15. The average Bonchev–Trinajstić information content (AvgIpc) is 2.88. The Bertz CT molecular complexity index is 526. The van der Waals surface area contributed by atoms with Gasteiger partial charge in [-0.15, -0.1) is 0 Å². The van der Waals surface area contributed by atoms with Gasteiger partial charge in [0.1, 0.15) is 0 Å². The van der Waals surface area contributed by atoms with E-state index in [4.69, 9.17) is 0 Å². The molecule has 4 amide bonds. The summed E-state index contributed by atoms with van der Waals surface area (Å²) in [7, 11) is 10.6. The van der Waals surface area contributed by atoms with Gasteiger partial charge in [-0.25, -0.2) is 0 Å². The second-order valence-corrected chi connectivity index (χ2v) is 8.32. The highest BCUT2D eigenvalue weighted by atomic mass is 32.1. The van der Waals surface area contributed by atoms with Crippen LogP contribution < -0.4 is 0 Å². The summed E-state index contributed by atoms with van der Waals surface area (Å²) < 4.78 is 0. The smallest absolute Gasteiger partial charge is 0.219 e. The minimum atomic E-state index is 0.0926. The Morgan fingerprint density at radius 1 is 0.553 bits per heavy atom. The number of carbonyl (C=O) groups excluding carboxylic acids is 4. The van der Waals surface area contributed by atoms with Crippen molar-refractivity contribution in [1.29, 1.82) is 0 Å². The van der Waals surface area contributed by atoms with E-state index in [0.29, 0.717) is 0 Å². The van der Waals surface area contributed by atoms with E-state index in [1.54, 1.807) is 55.9 Å². The topological polar surface area (TPSA) is 87.7 Å². The molecule has 0 aromatic heterocycles. The summed E-state index contributed by atoms with van der Waals surface area (Å²) in [6.07, 6.45) is 1.61. The first kappa shape index (κ1) is 48.7. The van der Waals surface area contributed by atoms with Crippen molar-refractivity contribution in [2.24, 2.45) is 0 Å². The zero-order valence-electron chi connectivity index (χ0n) is 26.7. The van der Waals surface area contributed by atoms with Crippen molar-refractivity contribution in [3.05, 3.63) is 0 Å². The fourth-order valence-corrected chi connectivity index (χ4v) is 1.71. The Morgan fingerprint density at radius 3 is 0.842 bits per heavy atom. The molecule has 0 aliphatic carbocycles. The van der Waals surface area contributed by atoms with Crippen molar-refractivity contribution in [2.45, 2.75) is 55.4 Å². The number of amides is 4. The van der Waals surface area contributed by atoms with Crippen LogP contribution in [0.1, 0.15) is 55.4 Å². The molecule has 38 heavy (non-hydrogen) atoms. The molecule has 0 N–H and O–H groups in total. The van der Waals surface area contributed by atoms with E-state index in [-0.39, 0.29) is 11.8 Å². The fraction of sp³-hybridized carbons (Fsp3) is 0.769. The van der Waals surface area contributed by atoms with Gasteiger partial charge in [0.05, 0.1) is 11.0 Å². The van der Waals surface area contributed by atoms with Crippen LogP contribution in [-0.2, 0) is 19.2 Å². The molecule has 0 fully saturated rings. The maximum atomic E-state index is 10.5. The van der Waals surface area contributed by atoms with Crippen molar-refractivity contribution in [2.75, 3.05) is 81.6 Å². The molecule has 10 nitrogen and oxygen atoms in total. The lowest BCUT2D eigenvalue weighted by Crippen LogP contribution is -2.27. The lowest BCUT2D eigenvalue weighted by molar-refractivity contribution is -0.128. The highest BCUT2D eigenvalue weighted by molar-refractivity contribution is 7.79. The van der Waals surface area contributed by atoms with Crippen molar-refractivity contribution < 1.29 is 19.2 Å². The Morgan fingerprint density at radius 2 is 0.842 bits per heavy atom. The minimum Gasteiger partial charge on any atom is -0.375 e. The molecule has 0 unspecified atom stereocenters. The molecule has 0 aliphatic heterocycles. The Balaban J connectivity index is -0.0000000815. The normalized spacial score (nSPS) is 7.95. The Labute approximate surface area is 245 Å². The summed E-state index contributed by atoms with van der Waals surface area (Å²) in [4.78, 5) is 50.2. The molecule has 0 saturated carbocycles. The number of thiocarbonyl (C=S) groups is 2. The van der Waals surface area contributed by atoms with Crippen LogP contribution in [0, 0.1) is 0 Å². The standard InChI is InChI=1S/C6H13NO.C5H11NO.C5H11NS.C4H9NO.C3H7NO.C3H7NS/c1-4-7(5-2)6(3)8;2*1-3-6(4-2)5-7;1-4(6)5(2)3;2*1-4(2)3-5/h4-5H2,1-3H3;2*5H,3-4H2,1-2H3;1-3H3;2*3H,1-2H3. The number of hydrogen-bond acceptors (Lipinski definition) is 6. The van der Waals surface area contributed by atoms with Crippen LogP contribution in [0.5, 0.6) is 0 Å². The first-order chi connectivity index (χ1) is 17.6. The molecular formula is C26H58N6O4S2. The molecule has 0 aromatic rings. The molecule has 12 heteroatoms. The molecule has 0 aliphatic rings. The maximum Gasteiger partial charge on any atom is 0.219 e. The molecule has 0 aromatic carbocycles. The molecule has 0 bridgehead atoms. The third kappa shape index (κ3) is 54.5. The van der Waals surface area contributed by atoms with Crippen molar-refractivity contribution in [1.82, 2.24) is 29.4 Å². The third-order valence-electron chi connectivity index (χ3n) is 4.18. The van der Waals surface area contributed by atoms with E-state index in [1.807, 2.05) is 46.7 Å². The molecule has 0 rings (SSSR count). The summed E-state index contributed by atoms with van der Waals surface area (Å²) in [5.41, 5.74) is 3.28. The van der Waals surface area contributed by atoms with E-state index in [0.717, 1.165) is 52.1 Å². The van der Waals surface area contributed by atoms with Crippen LogP contribution in [-0.4, -0.2) is 147 Å². The van der Waals surface area contributed by atoms with Gasteiger partial charge < -0.3 is 29.4 Å².